The highest BCUT2D eigenvalue weighted by atomic mass is 35.5. The maximum absolute atomic E-state index is 5.86. The van der Waals surface area contributed by atoms with Crippen molar-refractivity contribution in [2.45, 2.75) is 12.4 Å². The molecule has 0 aliphatic carbocycles. The molecule has 2 nitrogen and oxygen atoms in total. The van der Waals surface area contributed by atoms with E-state index in [1.807, 2.05) is 25.1 Å². The summed E-state index contributed by atoms with van der Waals surface area (Å²) < 4.78 is 0. The van der Waals surface area contributed by atoms with Gasteiger partial charge in [0.15, 0.2) is 0 Å². The minimum atomic E-state index is -0.0602. The summed E-state index contributed by atoms with van der Waals surface area (Å²) in [5, 5.41) is 0. The van der Waals surface area contributed by atoms with Crippen LogP contribution in [0.25, 0.3) is 0 Å². The molecule has 0 radical (unpaired) electrons. The Hall–Kier alpha value is -0.500. The molecule has 0 saturated heterocycles. The lowest BCUT2D eigenvalue weighted by molar-refractivity contribution is 0.480. The second-order valence-electron chi connectivity index (χ2n) is 2.07. The maximum atomic E-state index is 5.86. The summed E-state index contributed by atoms with van der Waals surface area (Å²) in [6.45, 7) is 1.91. The predicted octanol–water partition coefficient (Wildman–Crippen LogP) is 1.43. The standard InChI is InChI=1S/C6H9ClN2/c1-5-6(7)9(2)4-3-8-5/h3-4,6H,1-2H3. The molecule has 0 amide bonds. The van der Waals surface area contributed by atoms with Crippen LogP contribution in [0.15, 0.2) is 17.4 Å². The molecule has 1 rings (SSSR count). The number of hydrogen-bond donors (Lipinski definition) is 0. The average molecular weight is 145 g/mol. The Morgan fingerprint density at radius 1 is 1.78 bits per heavy atom. The molecule has 1 heterocycles. The molecule has 0 aromatic heterocycles. The predicted molar refractivity (Wildman–Crippen MR) is 39.7 cm³/mol. The van der Waals surface area contributed by atoms with Crippen molar-refractivity contribution in [3.05, 3.63) is 12.4 Å². The lowest BCUT2D eigenvalue weighted by atomic mass is 10.3. The van der Waals surface area contributed by atoms with E-state index < -0.39 is 0 Å². The van der Waals surface area contributed by atoms with Crippen molar-refractivity contribution in [1.29, 1.82) is 0 Å². The van der Waals surface area contributed by atoms with E-state index in [1.54, 1.807) is 6.20 Å². The summed E-state index contributed by atoms with van der Waals surface area (Å²) >= 11 is 5.86. The molecule has 0 spiro atoms. The molecular weight excluding hydrogens is 136 g/mol. The Morgan fingerprint density at radius 3 is 2.89 bits per heavy atom. The number of halogens is 1. The first kappa shape index (κ1) is 6.62. The molecule has 0 fully saturated rings. The first-order valence-corrected chi connectivity index (χ1v) is 3.22. The molecule has 0 bridgehead atoms. The van der Waals surface area contributed by atoms with Gasteiger partial charge in [0.2, 0.25) is 0 Å². The number of aliphatic imine (C=N–C) groups is 1. The van der Waals surface area contributed by atoms with Crippen LogP contribution in [-0.2, 0) is 0 Å². The molecule has 0 aromatic rings. The quantitative estimate of drug-likeness (QED) is 0.371. The van der Waals surface area contributed by atoms with Gasteiger partial charge in [-0.3, -0.25) is 4.99 Å². The minimum absolute atomic E-state index is 0.0602. The summed E-state index contributed by atoms with van der Waals surface area (Å²) in [5.74, 6) is 0. The van der Waals surface area contributed by atoms with E-state index in [0.717, 1.165) is 5.71 Å². The van der Waals surface area contributed by atoms with Crippen molar-refractivity contribution < 1.29 is 0 Å². The van der Waals surface area contributed by atoms with Gasteiger partial charge in [0.05, 0.1) is 5.71 Å². The topological polar surface area (TPSA) is 15.6 Å². The maximum Gasteiger partial charge on any atom is 0.142 e. The van der Waals surface area contributed by atoms with Crippen molar-refractivity contribution in [2.75, 3.05) is 7.05 Å². The van der Waals surface area contributed by atoms with Crippen molar-refractivity contribution >= 4 is 17.3 Å². The normalized spacial score (nSPS) is 26.3. The van der Waals surface area contributed by atoms with Crippen LogP contribution in [0.1, 0.15) is 6.92 Å². The van der Waals surface area contributed by atoms with Crippen molar-refractivity contribution in [2.24, 2.45) is 4.99 Å². The van der Waals surface area contributed by atoms with Gasteiger partial charge in [0.1, 0.15) is 5.50 Å². The van der Waals surface area contributed by atoms with Gasteiger partial charge in [-0.25, -0.2) is 0 Å². The third-order valence-electron chi connectivity index (χ3n) is 1.28. The van der Waals surface area contributed by atoms with E-state index in [2.05, 4.69) is 4.99 Å². The minimum Gasteiger partial charge on any atom is -0.358 e. The van der Waals surface area contributed by atoms with E-state index in [4.69, 9.17) is 11.6 Å². The van der Waals surface area contributed by atoms with Crippen LogP contribution >= 0.6 is 11.6 Å². The van der Waals surface area contributed by atoms with Crippen LogP contribution in [0.4, 0.5) is 0 Å². The van der Waals surface area contributed by atoms with E-state index in [1.165, 1.54) is 0 Å². The van der Waals surface area contributed by atoms with E-state index in [9.17, 15) is 0 Å². The van der Waals surface area contributed by atoms with Crippen molar-refractivity contribution in [3.63, 3.8) is 0 Å². The Bertz CT molecular complexity index is 162. The Kier molecular flexibility index (Phi) is 1.76. The molecule has 1 aliphatic heterocycles. The summed E-state index contributed by atoms with van der Waals surface area (Å²) in [5.41, 5.74) is 0.886. The van der Waals surface area contributed by atoms with Crippen molar-refractivity contribution in [1.82, 2.24) is 4.90 Å². The van der Waals surface area contributed by atoms with E-state index in [0.29, 0.717) is 0 Å². The highest BCUT2D eigenvalue weighted by Gasteiger charge is 2.12. The Morgan fingerprint density at radius 2 is 2.44 bits per heavy atom. The van der Waals surface area contributed by atoms with Gasteiger partial charge in [0, 0.05) is 19.4 Å². The molecule has 0 aromatic carbocycles. The highest BCUT2D eigenvalue weighted by Crippen LogP contribution is 2.09. The van der Waals surface area contributed by atoms with Crippen LogP contribution in [-0.4, -0.2) is 23.2 Å². The molecule has 3 heteroatoms. The third kappa shape index (κ3) is 1.24. The van der Waals surface area contributed by atoms with Gasteiger partial charge in [0.25, 0.3) is 0 Å². The Balaban J connectivity index is 2.73. The average Bonchev–Trinajstić information content (AvgIpc) is 1.83. The first-order valence-electron chi connectivity index (χ1n) is 2.79. The molecule has 0 N–H and O–H groups in total. The molecule has 1 unspecified atom stereocenters. The van der Waals surface area contributed by atoms with Crippen molar-refractivity contribution in [3.8, 4) is 0 Å². The summed E-state index contributed by atoms with van der Waals surface area (Å²) in [7, 11) is 1.92. The van der Waals surface area contributed by atoms with E-state index in [-0.39, 0.29) is 5.50 Å². The number of hydrogen-bond acceptors (Lipinski definition) is 2. The van der Waals surface area contributed by atoms with Gasteiger partial charge in [-0.2, -0.15) is 0 Å². The second kappa shape index (κ2) is 2.40. The van der Waals surface area contributed by atoms with Gasteiger partial charge >= 0.3 is 0 Å². The van der Waals surface area contributed by atoms with Crippen LogP contribution in [0, 0.1) is 0 Å². The van der Waals surface area contributed by atoms with Gasteiger partial charge in [-0.05, 0) is 6.92 Å². The van der Waals surface area contributed by atoms with E-state index >= 15 is 0 Å². The fraction of sp³-hybridized carbons (Fsp3) is 0.500. The monoisotopic (exact) mass is 144 g/mol. The molecule has 50 valence electrons. The number of alkyl halides is 1. The summed E-state index contributed by atoms with van der Waals surface area (Å²) in [6, 6.07) is 0. The zero-order chi connectivity index (χ0) is 6.85. The zero-order valence-corrected chi connectivity index (χ0v) is 6.26. The van der Waals surface area contributed by atoms with Gasteiger partial charge in [-0.15, -0.1) is 0 Å². The SMILES string of the molecule is CC1=NC=CN(C)C1Cl. The van der Waals surface area contributed by atoms with Gasteiger partial charge < -0.3 is 4.90 Å². The fourth-order valence-electron chi connectivity index (χ4n) is 0.688. The lowest BCUT2D eigenvalue weighted by Gasteiger charge is -2.22. The van der Waals surface area contributed by atoms with Crippen LogP contribution < -0.4 is 0 Å². The fourth-order valence-corrected chi connectivity index (χ4v) is 0.809. The Labute approximate surface area is 59.8 Å². The largest absolute Gasteiger partial charge is 0.358 e. The van der Waals surface area contributed by atoms with Gasteiger partial charge in [-0.1, -0.05) is 11.6 Å². The summed E-state index contributed by atoms with van der Waals surface area (Å²) in [4.78, 5) is 5.93. The van der Waals surface area contributed by atoms with Crippen LogP contribution in [0.3, 0.4) is 0 Å². The lowest BCUT2D eigenvalue weighted by Crippen LogP contribution is -2.29. The first-order chi connectivity index (χ1) is 4.22. The molecule has 1 atom stereocenters. The van der Waals surface area contributed by atoms with Crippen LogP contribution in [0.2, 0.25) is 0 Å². The molecule has 9 heavy (non-hydrogen) atoms. The smallest absolute Gasteiger partial charge is 0.142 e. The molecule has 0 saturated carbocycles. The number of nitrogens with zero attached hydrogens (tertiary/aromatic N) is 2. The van der Waals surface area contributed by atoms with Crippen LogP contribution in [0.5, 0.6) is 0 Å². The molecule has 1 aliphatic rings. The zero-order valence-electron chi connectivity index (χ0n) is 5.50. The number of rotatable bonds is 0. The summed E-state index contributed by atoms with van der Waals surface area (Å²) in [6.07, 6.45) is 3.60. The highest BCUT2D eigenvalue weighted by molar-refractivity contribution is 6.31. The third-order valence-corrected chi connectivity index (χ3v) is 1.91. The molecular formula is C6H9ClN2. The second-order valence-corrected chi connectivity index (χ2v) is 2.48.